The summed E-state index contributed by atoms with van der Waals surface area (Å²) in [5.41, 5.74) is -0.619. The molecule has 6 amide bonds. The number of imide groups is 1. The number of halogens is 1. The molecule has 5 unspecified atom stereocenters. The van der Waals surface area contributed by atoms with Gasteiger partial charge in [0.05, 0.1) is 25.7 Å². The minimum absolute atomic E-state index is 0.0621. The quantitative estimate of drug-likeness (QED) is 0.0171. The summed E-state index contributed by atoms with van der Waals surface area (Å²) in [6, 6.07) is 3.31. The van der Waals surface area contributed by atoms with E-state index in [9.17, 15) is 48.3 Å². The number of carbonyl (C=O) groups excluding carboxylic acids is 6. The summed E-state index contributed by atoms with van der Waals surface area (Å²) in [6.07, 6.45) is 6.74. The first-order valence-electron chi connectivity index (χ1n) is 24.6. The number of aliphatic carboxylic acids is 1. The number of likely N-dealkylation sites (tertiary alicyclic amines) is 1. The molecule has 3 aliphatic rings. The second-order valence-corrected chi connectivity index (χ2v) is 20.5. The Morgan fingerprint density at radius 3 is 2.17 bits per heavy atom. The number of benzene rings is 1. The minimum atomic E-state index is -1.46. The van der Waals surface area contributed by atoms with Gasteiger partial charge in [0.1, 0.15) is 23.7 Å². The van der Waals surface area contributed by atoms with Gasteiger partial charge in [-0.2, -0.15) is 0 Å². The van der Waals surface area contributed by atoms with Gasteiger partial charge in [-0.1, -0.05) is 86.4 Å². The minimum Gasteiger partial charge on any atom is -0.623 e. The van der Waals surface area contributed by atoms with E-state index in [0.717, 1.165) is 6.42 Å². The summed E-state index contributed by atoms with van der Waals surface area (Å²) in [6.45, 7) is 15.4. The molecular weight excluding hydrogens is 904 g/mol. The molecule has 1 aromatic carbocycles. The van der Waals surface area contributed by atoms with Gasteiger partial charge in [-0.3, -0.25) is 33.7 Å². The Morgan fingerprint density at radius 2 is 1.61 bits per heavy atom. The number of piperidine rings is 1. The standard InChI is InChI=1S/C52H77FN6O11/c1-13-33(6)36(30-55(9)50(65)46(31(2)3)54-49(64)47(32(4)5)56(10)42(60)21-15-14-18-24-57-43(61)22-23-44(57)62)40(69-11)26-45(63)59-39(27-52(8)28-41(52)59)48(70-12)34(7)29-58(68)38(51(66)67)25-35-19-16-17-20-37(35)53/h16-17,19-20,22-23,26,31-34,36,39,41,46-48H,13-15,18,21,24-25,27-30H2,1-12H3,(H,54,64)(H,66,67)/b40-26-,58-38-/t33?,34-,36?,39-,41-,46-,47?,48?,52?/m0/s1. The molecule has 1 saturated heterocycles. The fraction of sp³-hybridized carbons (Fsp3) is 0.654. The van der Waals surface area contributed by atoms with E-state index in [-0.39, 0.29) is 90.4 Å². The van der Waals surface area contributed by atoms with Gasteiger partial charge in [-0.15, -0.1) is 0 Å². The number of nitrogens with one attached hydrogen (secondary N) is 1. The van der Waals surface area contributed by atoms with E-state index in [2.05, 4.69) is 12.2 Å². The van der Waals surface area contributed by atoms with Gasteiger partial charge >= 0.3 is 5.97 Å². The molecular formula is C52H77FN6O11. The molecule has 70 heavy (non-hydrogen) atoms. The Kier molecular flexibility index (Phi) is 20.3. The van der Waals surface area contributed by atoms with Crippen LogP contribution in [0.4, 0.5) is 4.39 Å². The molecule has 1 aromatic rings. The molecule has 0 aromatic heterocycles. The summed E-state index contributed by atoms with van der Waals surface area (Å²) in [4.78, 5) is 98.2. The highest BCUT2D eigenvalue weighted by Gasteiger charge is 2.64. The molecule has 17 nitrogen and oxygen atoms in total. The van der Waals surface area contributed by atoms with Crippen molar-refractivity contribution in [1.29, 1.82) is 0 Å². The van der Waals surface area contributed by atoms with Crippen LogP contribution in [0, 0.1) is 46.0 Å². The van der Waals surface area contributed by atoms with Crippen LogP contribution in [-0.2, 0) is 49.5 Å². The first-order chi connectivity index (χ1) is 32.9. The van der Waals surface area contributed by atoms with Crippen LogP contribution in [-0.4, -0.2) is 155 Å². The third kappa shape index (κ3) is 13.8. The molecule has 2 aliphatic heterocycles. The zero-order chi connectivity index (χ0) is 52.4. The van der Waals surface area contributed by atoms with Crippen molar-refractivity contribution in [3.8, 4) is 0 Å². The number of hydrogen-bond acceptors (Lipinski definition) is 10. The van der Waals surface area contributed by atoms with E-state index in [0.29, 0.717) is 42.6 Å². The number of likely N-dealkylation sites (N-methyl/N-ethyl adjacent to an activating group) is 2. The number of carbonyl (C=O) groups is 7. The summed E-state index contributed by atoms with van der Waals surface area (Å²) in [5, 5.41) is 26.4. The van der Waals surface area contributed by atoms with Crippen molar-refractivity contribution in [3.63, 3.8) is 0 Å². The molecule has 388 valence electrons. The lowest BCUT2D eigenvalue weighted by atomic mass is 9.88. The number of carboxylic acid groups (broad SMARTS) is 1. The number of carboxylic acids is 1. The molecule has 1 aliphatic carbocycles. The number of fused-ring (bicyclic) bond motifs is 1. The molecule has 2 fully saturated rings. The number of amides is 6. The van der Waals surface area contributed by atoms with Gasteiger partial charge in [0.15, 0.2) is 6.54 Å². The molecule has 2 heterocycles. The van der Waals surface area contributed by atoms with E-state index < -0.39 is 65.9 Å². The zero-order valence-electron chi connectivity index (χ0n) is 43.2. The highest BCUT2D eigenvalue weighted by atomic mass is 19.1. The topological polar surface area (TPSA) is 209 Å². The lowest BCUT2D eigenvalue weighted by Crippen LogP contribution is -2.57. The number of hydrogen-bond donors (Lipinski definition) is 2. The van der Waals surface area contributed by atoms with Crippen LogP contribution in [0.2, 0.25) is 0 Å². The summed E-state index contributed by atoms with van der Waals surface area (Å²) in [5.74, 6) is -5.44. The number of ether oxygens (including phenoxy) is 2. The van der Waals surface area contributed by atoms with Gasteiger partial charge in [0, 0.05) is 76.8 Å². The zero-order valence-corrected chi connectivity index (χ0v) is 43.2. The third-order valence-corrected chi connectivity index (χ3v) is 14.6. The molecule has 2 N–H and O–H groups in total. The van der Waals surface area contributed by atoms with E-state index in [1.165, 1.54) is 60.4 Å². The van der Waals surface area contributed by atoms with Crippen LogP contribution in [0.5, 0.6) is 0 Å². The first-order valence-corrected chi connectivity index (χ1v) is 24.6. The second-order valence-electron chi connectivity index (χ2n) is 20.5. The molecule has 0 radical (unpaired) electrons. The van der Waals surface area contributed by atoms with Crippen LogP contribution in [0.25, 0.3) is 0 Å². The van der Waals surface area contributed by atoms with E-state index in [1.54, 1.807) is 36.9 Å². The number of unbranched alkanes of at least 4 members (excludes halogenated alkanes) is 2. The Morgan fingerprint density at radius 1 is 0.971 bits per heavy atom. The Bertz CT molecular complexity index is 2160. The van der Waals surface area contributed by atoms with E-state index in [4.69, 9.17) is 9.47 Å². The number of hydroxylamine groups is 1. The maximum Gasteiger partial charge on any atom is 0.397 e. The molecule has 1 saturated carbocycles. The lowest BCUT2D eigenvalue weighted by Gasteiger charge is -2.36. The number of rotatable bonds is 27. The van der Waals surface area contributed by atoms with Gasteiger partial charge in [0.25, 0.3) is 23.4 Å². The van der Waals surface area contributed by atoms with Crippen LogP contribution in [0.3, 0.4) is 0 Å². The fourth-order valence-corrected chi connectivity index (χ4v) is 10.1. The van der Waals surface area contributed by atoms with Crippen molar-refractivity contribution < 1.29 is 57.3 Å². The Labute approximate surface area is 413 Å². The van der Waals surface area contributed by atoms with Crippen LogP contribution in [0.15, 0.2) is 48.3 Å². The van der Waals surface area contributed by atoms with Crippen LogP contribution >= 0.6 is 0 Å². The molecule has 9 atom stereocenters. The second kappa shape index (κ2) is 25.0. The SMILES string of the molecule is CCC(C)C(CN(C)C(=O)[C@@H](NC(=O)C(C(C)C)N(C)C(=O)CCCCCN1C(=O)C=CC1=O)C(C)C)/C(=C/C(=O)N1[C@H]2CC2(C)C[C@H]1C(OC)[C@@H](C)C/[N+]([O-])=C(\Cc1ccccc1F)C(=O)O)OC. The van der Waals surface area contributed by atoms with Crippen molar-refractivity contribution in [2.75, 3.05) is 47.9 Å². The van der Waals surface area contributed by atoms with Gasteiger partial charge in [-0.05, 0) is 60.5 Å². The summed E-state index contributed by atoms with van der Waals surface area (Å²) >= 11 is 0. The maximum absolute atomic E-state index is 14.6. The maximum atomic E-state index is 14.6. The smallest absolute Gasteiger partial charge is 0.397 e. The lowest BCUT2D eigenvalue weighted by molar-refractivity contribution is -0.469. The Hall–Kier alpha value is -5.65. The highest BCUT2D eigenvalue weighted by molar-refractivity contribution is 6.33. The number of methoxy groups -OCH3 is 2. The van der Waals surface area contributed by atoms with Crippen molar-refractivity contribution >= 4 is 47.1 Å². The summed E-state index contributed by atoms with van der Waals surface area (Å²) < 4.78 is 26.8. The van der Waals surface area contributed by atoms with Crippen LogP contribution < -0.4 is 5.32 Å². The van der Waals surface area contributed by atoms with E-state index in [1.807, 2.05) is 41.5 Å². The Balaban J connectivity index is 1.47. The highest BCUT2D eigenvalue weighted by Crippen LogP contribution is 2.60. The summed E-state index contributed by atoms with van der Waals surface area (Å²) in [7, 11) is 6.21. The number of nitrogens with zero attached hydrogens (tertiary/aromatic N) is 5. The predicted octanol–water partition coefficient (Wildman–Crippen LogP) is 5.19. The normalized spacial score (nSPS) is 21.7. The van der Waals surface area contributed by atoms with Crippen molar-refractivity contribution in [2.24, 2.45) is 35.0 Å². The average molecular weight is 981 g/mol. The molecule has 4 rings (SSSR count). The molecule has 0 bridgehead atoms. The average Bonchev–Trinajstić information content (AvgIpc) is 3.71. The third-order valence-electron chi connectivity index (χ3n) is 14.6. The van der Waals surface area contributed by atoms with Crippen molar-refractivity contribution in [3.05, 3.63) is 64.8 Å². The largest absolute Gasteiger partial charge is 0.623 e. The first kappa shape index (κ1) is 56.9. The van der Waals surface area contributed by atoms with Crippen molar-refractivity contribution in [1.82, 2.24) is 24.9 Å². The predicted molar refractivity (Wildman–Crippen MR) is 261 cm³/mol. The van der Waals surface area contributed by atoms with E-state index >= 15 is 0 Å². The molecule has 18 heteroatoms. The van der Waals surface area contributed by atoms with Gasteiger partial charge in [-0.25, -0.2) is 13.9 Å². The molecule has 0 spiro atoms. The van der Waals surface area contributed by atoms with Gasteiger partial charge < -0.3 is 39.8 Å². The van der Waals surface area contributed by atoms with Crippen molar-refractivity contribution in [2.45, 2.75) is 137 Å². The van der Waals surface area contributed by atoms with Gasteiger partial charge in [0.2, 0.25) is 17.7 Å². The monoisotopic (exact) mass is 981 g/mol. The fourth-order valence-electron chi connectivity index (χ4n) is 10.1. The van der Waals surface area contributed by atoms with Crippen LogP contribution in [0.1, 0.15) is 106 Å².